The van der Waals surface area contributed by atoms with Crippen LogP contribution in [-0.4, -0.2) is 56.6 Å². The molecule has 0 spiro atoms. The lowest BCUT2D eigenvalue weighted by Crippen LogP contribution is -2.02. The number of benzene rings is 6. The minimum absolute atomic E-state index is 0.231. The Morgan fingerprint density at radius 3 is 1.83 bits per heavy atom. The summed E-state index contributed by atoms with van der Waals surface area (Å²) in [6, 6.07) is 28.9. The fourth-order valence-electron chi connectivity index (χ4n) is 8.17. The van der Waals surface area contributed by atoms with Crippen molar-refractivity contribution in [2.45, 2.75) is 19.5 Å². The molecule has 12 rings (SSSR count). The third-order valence-corrected chi connectivity index (χ3v) is 11.2. The fraction of sp³-hybridized carbons (Fsp3) is 0.0816. The first-order valence-electron chi connectivity index (χ1n) is 20.3. The van der Waals surface area contributed by atoms with Crippen LogP contribution >= 0.6 is 0 Å². The van der Waals surface area contributed by atoms with Crippen molar-refractivity contribution in [2.24, 2.45) is 0 Å². The van der Waals surface area contributed by atoms with Gasteiger partial charge in [0.15, 0.2) is 5.82 Å². The Bertz CT molecular complexity index is 3650. The van der Waals surface area contributed by atoms with E-state index in [4.69, 9.17) is 4.74 Å². The molecule has 12 aromatic rings. The van der Waals surface area contributed by atoms with Gasteiger partial charge in [0, 0.05) is 84.2 Å². The van der Waals surface area contributed by atoms with Gasteiger partial charge in [-0.15, -0.1) is 0 Å². The van der Waals surface area contributed by atoms with Crippen molar-refractivity contribution in [2.75, 3.05) is 7.11 Å². The zero-order chi connectivity index (χ0) is 44.6. The molecule has 16 heteroatoms. The van der Waals surface area contributed by atoms with Gasteiger partial charge < -0.3 is 19.7 Å². The monoisotopic (exact) mass is 874 g/mol. The molecule has 11 nitrogen and oxygen atoms in total. The molecule has 6 heterocycles. The Kier molecular flexibility index (Phi) is 10.7. The molecule has 0 amide bonds. The lowest BCUT2D eigenvalue weighted by Gasteiger charge is -2.07. The molecular formula is C49H35F5N10O. The molecule has 322 valence electrons. The SMILES string of the molecule is COc1cnccc1Cc1ccc2c(c1)[nH]c1cc(F)ccc12.Fc1cc(F)c2c(c1)[nH]c1cc(Cn3cncn3)ccc12.Fc1ccc2c(c1)[nH]c1c(F)c(Cn3cncn3)ccc12. The first-order chi connectivity index (χ1) is 31.7. The number of H-pyrrole nitrogens is 3. The number of ether oxygens (including phenoxy) is 1. The summed E-state index contributed by atoms with van der Waals surface area (Å²) >= 11 is 0. The Hall–Kier alpha value is -8.40. The highest BCUT2D eigenvalue weighted by Crippen LogP contribution is 2.32. The van der Waals surface area contributed by atoms with Crippen molar-refractivity contribution in [3.63, 3.8) is 0 Å². The van der Waals surface area contributed by atoms with E-state index in [1.54, 1.807) is 47.3 Å². The highest BCUT2D eigenvalue weighted by atomic mass is 19.1. The molecular weight excluding hydrogens is 840 g/mol. The minimum Gasteiger partial charge on any atom is -0.495 e. The Morgan fingerprint density at radius 2 is 1.11 bits per heavy atom. The summed E-state index contributed by atoms with van der Waals surface area (Å²) in [5, 5.41) is 12.9. The standard InChI is InChI=1S/C19H15FN2O.2C15H10F2N4/c1-23-19-11-21-7-6-13(19)8-12-2-4-15-16-5-3-14(20)10-18(16)22-17(15)9-12;16-10-2-4-11-12-3-1-9(6-21-8-18-7-19-21)14(17)15(12)20-13(11)5-10;16-10-4-12(17)15-11-2-1-9(6-21-8-18-7-19-21)3-13(11)20-14(15)5-10/h2-7,9-11,22H,8H2,1H3;2*1-5,7-8,20H,6H2. The van der Waals surface area contributed by atoms with Gasteiger partial charge in [0.1, 0.15) is 54.3 Å². The summed E-state index contributed by atoms with van der Waals surface area (Å²) < 4.78 is 77.1. The van der Waals surface area contributed by atoms with Gasteiger partial charge in [-0.3, -0.25) is 4.98 Å². The largest absolute Gasteiger partial charge is 0.495 e. The Morgan fingerprint density at radius 1 is 0.523 bits per heavy atom. The number of nitrogens with zero attached hydrogens (tertiary/aromatic N) is 7. The van der Waals surface area contributed by atoms with E-state index in [1.807, 2.05) is 36.4 Å². The van der Waals surface area contributed by atoms with Gasteiger partial charge in [-0.2, -0.15) is 10.2 Å². The highest BCUT2D eigenvalue weighted by molar-refractivity contribution is 6.09. The van der Waals surface area contributed by atoms with Crippen LogP contribution < -0.4 is 4.74 Å². The van der Waals surface area contributed by atoms with Gasteiger partial charge in [0.25, 0.3) is 0 Å². The summed E-state index contributed by atoms with van der Waals surface area (Å²) in [7, 11) is 1.65. The molecule has 0 aliphatic heterocycles. The van der Waals surface area contributed by atoms with Gasteiger partial charge >= 0.3 is 0 Å². The molecule has 0 saturated carbocycles. The van der Waals surface area contributed by atoms with Crippen LogP contribution in [0.1, 0.15) is 22.3 Å². The number of rotatable bonds is 7. The zero-order valence-electron chi connectivity index (χ0n) is 34.3. The van der Waals surface area contributed by atoms with E-state index in [0.717, 1.165) is 78.4 Å². The number of fused-ring (bicyclic) bond motifs is 9. The fourth-order valence-corrected chi connectivity index (χ4v) is 8.17. The maximum absolute atomic E-state index is 14.6. The number of nitrogens with one attached hydrogen (secondary N) is 3. The number of hydrogen-bond donors (Lipinski definition) is 3. The molecule has 0 saturated heterocycles. The third kappa shape index (κ3) is 8.20. The van der Waals surface area contributed by atoms with Gasteiger partial charge in [0.05, 0.1) is 37.4 Å². The normalized spacial score (nSPS) is 11.4. The van der Waals surface area contributed by atoms with Crippen LogP contribution in [0.5, 0.6) is 5.75 Å². The van der Waals surface area contributed by atoms with E-state index in [0.29, 0.717) is 40.6 Å². The van der Waals surface area contributed by atoms with Crippen LogP contribution in [0.4, 0.5) is 22.0 Å². The molecule has 0 unspecified atom stereocenters. The number of halogens is 5. The molecule has 0 radical (unpaired) electrons. The molecule has 0 aliphatic rings. The molecule has 6 aromatic heterocycles. The van der Waals surface area contributed by atoms with Crippen molar-refractivity contribution in [3.8, 4) is 5.75 Å². The van der Waals surface area contributed by atoms with Crippen LogP contribution in [0, 0.1) is 29.1 Å². The van der Waals surface area contributed by atoms with Crippen molar-refractivity contribution >= 4 is 65.4 Å². The molecule has 65 heavy (non-hydrogen) atoms. The lowest BCUT2D eigenvalue weighted by molar-refractivity contribution is 0.408. The van der Waals surface area contributed by atoms with Crippen LogP contribution in [-0.2, 0) is 19.5 Å². The van der Waals surface area contributed by atoms with E-state index in [-0.39, 0.29) is 17.5 Å². The van der Waals surface area contributed by atoms with Gasteiger partial charge in [-0.25, -0.2) is 41.3 Å². The minimum atomic E-state index is -0.589. The summed E-state index contributed by atoms with van der Waals surface area (Å²) in [5.41, 5.74) is 7.77. The molecule has 0 bridgehead atoms. The van der Waals surface area contributed by atoms with E-state index < -0.39 is 11.6 Å². The second-order valence-corrected chi connectivity index (χ2v) is 15.3. The third-order valence-electron chi connectivity index (χ3n) is 11.2. The van der Waals surface area contributed by atoms with Crippen molar-refractivity contribution in [1.29, 1.82) is 0 Å². The predicted molar refractivity (Wildman–Crippen MR) is 239 cm³/mol. The number of methoxy groups -OCH3 is 1. The number of aromatic nitrogens is 10. The van der Waals surface area contributed by atoms with E-state index in [1.165, 1.54) is 49.3 Å². The number of aromatic amines is 3. The van der Waals surface area contributed by atoms with E-state index >= 15 is 0 Å². The number of pyridine rings is 1. The van der Waals surface area contributed by atoms with Crippen molar-refractivity contribution in [3.05, 3.63) is 192 Å². The smallest absolute Gasteiger partial charge is 0.152 e. The maximum atomic E-state index is 14.6. The first kappa shape index (κ1) is 40.7. The summed E-state index contributed by atoms with van der Waals surface area (Å²) in [5.74, 6) is -1.29. The van der Waals surface area contributed by atoms with Gasteiger partial charge in [-0.05, 0) is 71.8 Å². The van der Waals surface area contributed by atoms with E-state index in [9.17, 15) is 22.0 Å². The summed E-state index contributed by atoms with van der Waals surface area (Å²) in [4.78, 5) is 21.1. The lowest BCUT2D eigenvalue weighted by atomic mass is 10.0. The Balaban J connectivity index is 0.000000115. The van der Waals surface area contributed by atoms with Crippen LogP contribution in [0.2, 0.25) is 0 Å². The van der Waals surface area contributed by atoms with Crippen LogP contribution in [0.25, 0.3) is 65.4 Å². The Labute approximate surface area is 365 Å². The van der Waals surface area contributed by atoms with Crippen molar-refractivity contribution < 1.29 is 26.7 Å². The molecule has 0 fully saturated rings. The second-order valence-electron chi connectivity index (χ2n) is 15.3. The molecule has 0 atom stereocenters. The topological polar surface area (TPSA) is 131 Å². The summed E-state index contributed by atoms with van der Waals surface area (Å²) in [6.07, 6.45) is 10.3. The number of hydrogen-bond acceptors (Lipinski definition) is 6. The van der Waals surface area contributed by atoms with E-state index in [2.05, 4.69) is 58.3 Å². The average Bonchev–Trinajstić information content (AvgIpc) is 4.16. The van der Waals surface area contributed by atoms with Gasteiger partial charge in [0.2, 0.25) is 0 Å². The van der Waals surface area contributed by atoms with Gasteiger partial charge in [-0.1, -0.05) is 36.4 Å². The highest BCUT2D eigenvalue weighted by Gasteiger charge is 2.15. The quantitative estimate of drug-likeness (QED) is 0.137. The predicted octanol–water partition coefficient (Wildman–Crippen LogP) is 10.9. The second kappa shape index (κ2) is 17.0. The summed E-state index contributed by atoms with van der Waals surface area (Å²) in [6.45, 7) is 0.869. The molecule has 3 N–H and O–H groups in total. The molecule has 0 aliphatic carbocycles. The van der Waals surface area contributed by atoms with Crippen LogP contribution in [0.15, 0.2) is 141 Å². The first-order valence-corrected chi connectivity index (χ1v) is 20.3. The average molecular weight is 875 g/mol. The van der Waals surface area contributed by atoms with Crippen molar-refractivity contribution in [1.82, 2.24) is 49.5 Å². The maximum Gasteiger partial charge on any atom is 0.152 e. The molecule has 6 aromatic carbocycles. The zero-order valence-corrected chi connectivity index (χ0v) is 34.3. The van der Waals surface area contributed by atoms with Crippen LogP contribution in [0.3, 0.4) is 0 Å².